The average molecular weight is 292 g/mol. The van der Waals surface area contributed by atoms with Crippen molar-refractivity contribution in [3.8, 4) is 0 Å². The van der Waals surface area contributed by atoms with E-state index in [0.717, 1.165) is 18.7 Å². The molecule has 2 atom stereocenters. The molecule has 21 heavy (non-hydrogen) atoms. The maximum absolute atomic E-state index is 6.06. The maximum Gasteiger partial charge on any atom is 0.0730 e. The number of nitrogens with zero attached hydrogens (tertiary/aromatic N) is 1. The van der Waals surface area contributed by atoms with Crippen molar-refractivity contribution in [1.82, 2.24) is 10.2 Å². The van der Waals surface area contributed by atoms with E-state index in [1.54, 1.807) is 0 Å². The SMILES string of the molecule is C1CCC2C(C1)OCCN2CC1(CNC2CC2)CCCC1. The predicted molar refractivity (Wildman–Crippen MR) is 85.5 cm³/mol. The van der Waals surface area contributed by atoms with Crippen LogP contribution in [0, 0.1) is 5.41 Å². The Morgan fingerprint density at radius 3 is 2.62 bits per heavy atom. The summed E-state index contributed by atoms with van der Waals surface area (Å²) in [6.45, 7) is 4.74. The topological polar surface area (TPSA) is 24.5 Å². The Morgan fingerprint density at radius 1 is 1.00 bits per heavy atom. The van der Waals surface area contributed by atoms with E-state index in [4.69, 9.17) is 4.74 Å². The Morgan fingerprint density at radius 2 is 1.81 bits per heavy atom. The van der Waals surface area contributed by atoms with Gasteiger partial charge < -0.3 is 10.1 Å². The average Bonchev–Trinajstić information content (AvgIpc) is 3.25. The van der Waals surface area contributed by atoms with Crippen LogP contribution in [0.5, 0.6) is 0 Å². The van der Waals surface area contributed by atoms with Crippen molar-refractivity contribution in [2.24, 2.45) is 5.41 Å². The van der Waals surface area contributed by atoms with Gasteiger partial charge in [-0.05, 0) is 43.9 Å². The van der Waals surface area contributed by atoms with Crippen LogP contribution in [0.4, 0.5) is 0 Å². The van der Waals surface area contributed by atoms with E-state index < -0.39 is 0 Å². The smallest absolute Gasteiger partial charge is 0.0730 e. The fourth-order valence-corrected chi connectivity index (χ4v) is 4.97. The van der Waals surface area contributed by atoms with Gasteiger partial charge in [0.2, 0.25) is 0 Å². The van der Waals surface area contributed by atoms with E-state index in [1.807, 2.05) is 0 Å². The number of morpholine rings is 1. The second-order valence-electron chi connectivity index (χ2n) is 8.09. The summed E-state index contributed by atoms with van der Waals surface area (Å²) in [4.78, 5) is 2.83. The third kappa shape index (κ3) is 3.30. The number of fused-ring (bicyclic) bond motifs is 1. The summed E-state index contributed by atoms with van der Waals surface area (Å²) >= 11 is 0. The van der Waals surface area contributed by atoms with Gasteiger partial charge in [-0.25, -0.2) is 0 Å². The van der Waals surface area contributed by atoms with Crippen LogP contribution in [-0.4, -0.2) is 49.3 Å². The number of nitrogens with one attached hydrogen (secondary N) is 1. The van der Waals surface area contributed by atoms with Gasteiger partial charge in [0, 0.05) is 31.7 Å². The lowest BCUT2D eigenvalue weighted by atomic mass is 9.82. The van der Waals surface area contributed by atoms with Gasteiger partial charge in [0.15, 0.2) is 0 Å². The van der Waals surface area contributed by atoms with E-state index in [0.29, 0.717) is 11.5 Å². The lowest BCUT2D eigenvalue weighted by molar-refractivity contribution is -0.0985. The van der Waals surface area contributed by atoms with Gasteiger partial charge in [0.1, 0.15) is 0 Å². The van der Waals surface area contributed by atoms with Crippen LogP contribution in [0.3, 0.4) is 0 Å². The second-order valence-corrected chi connectivity index (χ2v) is 8.09. The Labute approximate surface area is 129 Å². The molecule has 1 aliphatic heterocycles. The summed E-state index contributed by atoms with van der Waals surface area (Å²) in [5, 5.41) is 3.84. The van der Waals surface area contributed by atoms with E-state index >= 15 is 0 Å². The third-order valence-corrected chi connectivity index (χ3v) is 6.39. The summed E-state index contributed by atoms with van der Waals surface area (Å²) in [5.74, 6) is 0. The van der Waals surface area contributed by atoms with Gasteiger partial charge in [-0.2, -0.15) is 0 Å². The van der Waals surface area contributed by atoms with Crippen LogP contribution < -0.4 is 5.32 Å². The summed E-state index contributed by atoms with van der Waals surface area (Å²) in [5.41, 5.74) is 0.571. The van der Waals surface area contributed by atoms with Crippen molar-refractivity contribution in [2.45, 2.75) is 82.4 Å². The molecule has 2 unspecified atom stereocenters. The lowest BCUT2D eigenvalue weighted by Crippen LogP contribution is -2.56. The standard InChI is InChI=1S/C18H32N2O/c1-2-6-17-16(5-1)20(11-12-21-17)14-18(9-3-4-10-18)13-19-15-7-8-15/h15-17,19H,1-14H2. The van der Waals surface area contributed by atoms with Crippen molar-refractivity contribution < 1.29 is 4.74 Å². The number of rotatable bonds is 5. The molecule has 1 heterocycles. The first-order valence-electron chi connectivity index (χ1n) is 9.44. The molecule has 0 spiro atoms. The van der Waals surface area contributed by atoms with Gasteiger partial charge >= 0.3 is 0 Å². The molecule has 4 aliphatic rings. The molecule has 3 nitrogen and oxygen atoms in total. The molecule has 1 saturated heterocycles. The largest absolute Gasteiger partial charge is 0.375 e. The minimum Gasteiger partial charge on any atom is -0.375 e. The molecule has 4 fully saturated rings. The van der Waals surface area contributed by atoms with Crippen LogP contribution in [0.2, 0.25) is 0 Å². The Kier molecular flexibility index (Phi) is 4.25. The van der Waals surface area contributed by atoms with Crippen LogP contribution in [0.1, 0.15) is 64.2 Å². The minimum atomic E-state index is 0.544. The van der Waals surface area contributed by atoms with Crippen molar-refractivity contribution >= 4 is 0 Å². The predicted octanol–water partition coefficient (Wildman–Crippen LogP) is 2.94. The first-order valence-corrected chi connectivity index (χ1v) is 9.44. The second kappa shape index (κ2) is 6.17. The van der Waals surface area contributed by atoms with E-state index in [2.05, 4.69) is 10.2 Å². The zero-order chi connectivity index (χ0) is 14.1. The molecule has 0 aromatic carbocycles. The van der Waals surface area contributed by atoms with Gasteiger partial charge in [-0.1, -0.05) is 25.7 Å². The fraction of sp³-hybridized carbons (Fsp3) is 1.00. The first kappa shape index (κ1) is 14.5. The first-order chi connectivity index (χ1) is 10.3. The molecule has 0 aromatic rings. The van der Waals surface area contributed by atoms with E-state index in [-0.39, 0.29) is 0 Å². The highest BCUT2D eigenvalue weighted by Gasteiger charge is 2.41. The molecular formula is C18H32N2O. The molecule has 1 N–H and O–H groups in total. The minimum absolute atomic E-state index is 0.544. The van der Waals surface area contributed by atoms with Gasteiger partial charge in [0.05, 0.1) is 12.7 Å². The molecule has 4 rings (SSSR count). The molecule has 0 bridgehead atoms. The highest BCUT2D eigenvalue weighted by Crippen LogP contribution is 2.41. The Hall–Kier alpha value is -0.120. The van der Waals surface area contributed by atoms with E-state index in [9.17, 15) is 0 Å². The molecular weight excluding hydrogens is 260 g/mol. The van der Waals surface area contributed by atoms with Crippen LogP contribution in [-0.2, 0) is 4.74 Å². The summed E-state index contributed by atoms with van der Waals surface area (Å²) < 4.78 is 6.06. The van der Waals surface area contributed by atoms with E-state index in [1.165, 1.54) is 83.8 Å². The molecule has 0 amide bonds. The normalized spacial score (nSPS) is 36.6. The van der Waals surface area contributed by atoms with Crippen molar-refractivity contribution in [3.63, 3.8) is 0 Å². The number of hydrogen-bond acceptors (Lipinski definition) is 3. The highest BCUT2D eigenvalue weighted by molar-refractivity contribution is 4.96. The Balaban J connectivity index is 1.41. The molecule has 3 saturated carbocycles. The maximum atomic E-state index is 6.06. The molecule has 0 aromatic heterocycles. The number of ether oxygens (including phenoxy) is 1. The summed E-state index contributed by atoms with van der Waals surface area (Å²) in [6, 6.07) is 1.58. The molecule has 120 valence electrons. The van der Waals surface area contributed by atoms with Gasteiger partial charge in [0.25, 0.3) is 0 Å². The Bertz CT molecular complexity index is 347. The quantitative estimate of drug-likeness (QED) is 0.843. The van der Waals surface area contributed by atoms with Crippen molar-refractivity contribution in [3.05, 3.63) is 0 Å². The highest BCUT2D eigenvalue weighted by atomic mass is 16.5. The monoisotopic (exact) mass is 292 g/mol. The van der Waals surface area contributed by atoms with Gasteiger partial charge in [-0.15, -0.1) is 0 Å². The van der Waals surface area contributed by atoms with Crippen molar-refractivity contribution in [2.75, 3.05) is 26.2 Å². The zero-order valence-electron chi connectivity index (χ0n) is 13.5. The van der Waals surface area contributed by atoms with Crippen LogP contribution in [0.15, 0.2) is 0 Å². The summed E-state index contributed by atoms with van der Waals surface area (Å²) in [6.07, 6.45) is 14.6. The van der Waals surface area contributed by atoms with Crippen molar-refractivity contribution in [1.29, 1.82) is 0 Å². The van der Waals surface area contributed by atoms with Crippen LogP contribution >= 0.6 is 0 Å². The lowest BCUT2D eigenvalue weighted by Gasteiger charge is -2.47. The zero-order valence-corrected chi connectivity index (χ0v) is 13.5. The number of hydrogen-bond donors (Lipinski definition) is 1. The molecule has 3 aliphatic carbocycles. The third-order valence-electron chi connectivity index (χ3n) is 6.39. The van der Waals surface area contributed by atoms with Crippen LogP contribution in [0.25, 0.3) is 0 Å². The van der Waals surface area contributed by atoms with Gasteiger partial charge in [-0.3, -0.25) is 4.90 Å². The molecule has 3 heteroatoms. The summed E-state index contributed by atoms with van der Waals surface area (Å²) in [7, 11) is 0. The fourth-order valence-electron chi connectivity index (χ4n) is 4.97. The molecule has 0 radical (unpaired) electrons.